The Hall–Kier alpha value is -2.73. The lowest BCUT2D eigenvalue weighted by atomic mass is 10.1. The molecule has 134 valence electrons. The first-order valence-corrected chi connectivity index (χ1v) is 9.36. The van der Waals surface area contributed by atoms with Gasteiger partial charge < -0.3 is 10.2 Å². The van der Waals surface area contributed by atoms with Crippen molar-refractivity contribution in [3.63, 3.8) is 0 Å². The second-order valence-electron chi connectivity index (χ2n) is 6.10. The smallest absolute Gasteiger partial charge is 0.239 e. The molecule has 0 bridgehead atoms. The van der Waals surface area contributed by atoms with Gasteiger partial charge in [0.05, 0.1) is 6.54 Å². The number of aromatic nitrogens is 2. The number of nitrogens with one attached hydrogen (secondary N) is 1. The maximum atomic E-state index is 12.1. The van der Waals surface area contributed by atoms with Crippen LogP contribution in [0.25, 0.3) is 0 Å². The first-order valence-electron chi connectivity index (χ1n) is 8.59. The highest BCUT2D eigenvalue weighted by Crippen LogP contribution is 2.17. The van der Waals surface area contributed by atoms with Crippen LogP contribution in [0.4, 0.5) is 5.13 Å². The third-order valence-corrected chi connectivity index (χ3v) is 4.82. The van der Waals surface area contributed by atoms with Crippen LogP contribution in [-0.2, 0) is 17.6 Å². The molecule has 1 N–H and O–H groups in total. The number of amides is 1. The standard InChI is InChI=1S/C20H22N4OS/c1-24(15-19(25)21-13-12-16-8-4-2-5-9-16)20-22-18(23-26-20)14-17-10-6-3-7-11-17/h2-11H,12-15H2,1H3,(H,21,25). The molecule has 2 aromatic carbocycles. The maximum Gasteiger partial charge on any atom is 0.239 e. The van der Waals surface area contributed by atoms with Crippen LogP contribution < -0.4 is 10.2 Å². The third kappa shape index (κ3) is 5.39. The molecule has 0 atom stereocenters. The quantitative estimate of drug-likeness (QED) is 0.666. The lowest BCUT2D eigenvalue weighted by molar-refractivity contribution is -0.119. The summed E-state index contributed by atoms with van der Waals surface area (Å²) >= 11 is 1.32. The van der Waals surface area contributed by atoms with Crippen molar-refractivity contribution in [1.82, 2.24) is 14.7 Å². The van der Waals surface area contributed by atoms with Crippen LogP contribution in [0.5, 0.6) is 0 Å². The Labute approximate surface area is 157 Å². The van der Waals surface area contributed by atoms with Crippen LogP contribution in [0.1, 0.15) is 17.0 Å². The van der Waals surface area contributed by atoms with Gasteiger partial charge >= 0.3 is 0 Å². The van der Waals surface area contributed by atoms with Crippen molar-refractivity contribution in [2.75, 3.05) is 25.0 Å². The molecule has 0 aliphatic carbocycles. The largest absolute Gasteiger partial charge is 0.354 e. The van der Waals surface area contributed by atoms with E-state index in [4.69, 9.17) is 0 Å². The lowest BCUT2D eigenvalue weighted by Crippen LogP contribution is -2.36. The summed E-state index contributed by atoms with van der Waals surface area (Å²) in [4.78, 5) is 18.5. The number of benzene rings is 2. The molecule has 0 aliphatic heterocycles. The number of carbonyl (C=O) groups excluding carboxylic acids is 1. The van der Waals surface area contributed by atoms with E-state index in [1.807, 2.05) is 48.3 Å². The first-order chi connectivity index (χ1) is 12.7. The van der Waals surface area contributed by atoms with Gasteiger partial charge in [0.25, 0.3) is 0 Å². The van der Waals surface area contributed by atoms with Gasteiger partial charge in [0.15, 0.2) is 0 Å². The normalized spacial score (nSPS) is 10.5. The summed E-state index contributed by atoms with van der Waals surface area (Å²) in [5.74, 6) is 0.774. The van der Waals surface area contributed by atoms with Crippen LogP contribution in [0.3, 0.4) is 0 Å². The minimum Gasteiger partial charge on any atom is -0.354 e. The predicted molar refractivity (Wildman–Crippen MR) is 106 cm³/mol. The molecule has 0 aliphatic rings. The highest BCUT2D eigenvalue weighted by Gasteiger charge is 2.12. The molecule has 5 nitrogen and oxygen atoms in total. The Morgan fingerprint density at radius 1 is 1.04 bits per heavy atom. The molecule has 3 rings (SSSR count). The highest BCUT2D eigenvalue weighted by atomic mass is 32.1. The van der Waals surface area contributed by atoms with E-state index in [0.717, 1.165) is 17.4 Å². The number of carbonyl (C=O) groups is 1. The number of nitrogens with zero attached hydrogens (tertiary/aromatic N) is 3. The van der Waals surface area contributed by atoms with Crippen molar-refractivity contribution in [1.29, 1.82) is 0 Å². The summed E-state index contributed by atoms with van der Waals surface area (Å²) in [6.07, 6.45) is 1.53. The van der Waals surface area contributed by atoms with Crippen molar-refractivity contribution < 1.29 is 4.79 Å². The highest BCUT2D eigenvalue weighted by molar-refractivity contribution is 7.09. The van der Waals surface area contributed by atoms with E-state index in [2.05, 4.69) is 38.9 Å². The topological polar surface area (TPSA) is 58.1 Å². The molecule has 0 saturated carbocycles. The van der Waals surface area contributed by atoms with E-state index in [-0.39, 0.29) is 12.5 Å². The van der Waals surface area contributed by atoms with Crippen molar-refractivity contribution in [2.24, 2.45) is 0 Å². The molecule has 3 aromatic rings. The molecule has 0 radical (unpaired) electrons. The number of hydrogen-bond donors (Lipinski definition) is 1. The minimum absolute atomic E-state index is 0.0109. The summed E-state index contributed by atoms with van der Waals surface area (Å²) in [7, 11) is 1.86. The monoisotopic (exact) mass is 366 g/mol. The summed E-state index contributed by atoms with van der Waals surface area (Å²) in [6, 6.07) is 20.3. The fourth-order valence-electron chi connectivity index (χ4n) is 2.58. The summed E-state index contributed by atoms with van der Waals surface area (Å²) < 4.78 is 4.40. The van der Waals surface area contributed by atoms with Gasteiger partial charge in [0.1, 0.15) is 5.82 Å². The Bertz CT molecular complexity index is 820. The van der Waals surface area contributed by atoms with Gasteiger partial charge in [0.2, 0.25) is 11.0 Å². The molecule has 0 saturated heterocycles. The molecule has 26 heavy (non-hydrogen) atoms. The van der Waals surface area contributed by atoms with Gasteiger partial charge in [-0.1, -0.05) is 60.7 Å². The predicted octanol–water partition coefficient (Wildman–Crippen LogP) is 2.92. The molecular weight excluding hydrogens is 344 g/mol. The lowest BCUT2D eigenvalue weighted by Gasteiger charge is -2.14. The average Bonchev–Trinajstić information content (AvgIpc) is 3.12. The summed E-state index contributed by atoms with van der Waals surface area (Å²) in [5, 5.41) is 3.71. The van der Waals surface area contributed by atoms with Crippen molar-refractivity contribution >= 4 is 22.6 Å². The van der Waals surface area contributed by atoms with Crippen LogP contribution in [0, 0.1) is 0 Å². The zero-order valence-electron chi connectivity index (χ0n) is 14.8. The Morgan fingerprint density at radius 3 is 2.38 bits per heavy atom. The van der Waals surface area contributed by atoms with Crippen LogP contribution in [-0.4, -0.2) is 35.4 Å². The van der Waals surface area contributed by atoms with Crippen LogP contribution in [0.15, 0.2) is 60.7 Å². The van der Waals surface area contributed by atoms with Crippen molar-refractivity contribution in [2.45, 2.75) is 12.8 Å². The number of likely N-dealkylation sites (N-methyl/N-ethyl adjacent to an activating group) is 1. The Kier molecular flexibility index (Phi) is 6.33. The number of anilines is 1. The van der Waals surface area contributed by atoms with Gasteiger partial charge in [-0.15, -0.1) is 0 Å². The minimum atomic E-state index is -0.0109. The van der Waals surface area contributed by atoms with Gasteiger partial charge in [-0.3, -0.25) is 4.79 Å². The second kappa shape index (κ2) is 9.10. The molecular formula is C20H22N4OS. The van der Waals surface area contributed by atoms with Crippen LogP contribution in [0.2, 0.25) is 0 Å². The Morgan fingerprint density at radius 2 is 1.69 bits per heavy atom. The van der Waals surface area contributed by atoms with Gasteiger partial charge in [0, 0.05) is 31.5 Å². The molecule has 0 spiro atoms. The first kappa shape index (κ1) is 18.1. The molecule has 0 unspecified atom stereocenters. The fourth-order valence-corrected chi connectivity index (χ4v) is 3.22. The Balaban J connectivity index is 1.45. The van der Waals surface area contributed by atoms with E-state index in [0.29, 0.717) is 13.0 Å². The second-order valence-corrected chi connectivity index (χ2v) is 6.83. The third-order valence-electron chi connectivity index (χ3n) is 3.95. The van der Waals surface area contributed by atoms with Gasteiger partial charge in [-0.2, -0.15) is 4.37 Å². The summed E-state index contributed by atoms with van der Waals surface area (Å²) in [6.45, 7) is 0.904. The fraction of sp³-hybridized carbons (Fsp3) is 0.250. The number of rotatable bonds is 8. The molecule has 1 aromatic heterocycles. The van der Waals surface area contributed by atoms with E-state index < -0.39 is 0 Å². The van der Waals surface area contributed by atoms with E-state index in [1.165, 1.54) is 22.7 Å². The van der Waals surface area contributed by atoms with Crippen molar-refractivity contribution in [3.8, 4) is 0 Å². The zero-order chi connectivity index (χ0) is 18.2. The maximum absolute atomic E-state index is 12.1. The van der Waals surface area contributed by atoms with Gasteiger partial charge in [-0.05, 0) is 17.5 Å². The SMILES string of the molecule is CN(CC(=O)NCCc1ccccc1)c1nc(Cc2ccccc2)ns1. The average molecular weight is 366 g/mol. The van der Waals surface area contributed by atoms with Gasteiger partial charge in [-0.25, -0.2) is 4.98 Å². The molecule has 0 fully saturated rings. The van der Waals surface area contributed by atoms with Crippen LogP contribution >= 0.6 is 11.5 Å². The van der Waals surface area contributed by atoms with E-state index in [9.17, 15) is 4.79 Å². The van der Waals surface area contributed by atoms with Crippen molar-refractivity contribution in [3.05, 3.63) is 77.6 Å². The van der Waals surface area contributed by atoms with E-state index in [1.54, 1.807) is 0 Å². The summed E-state index contributed by atoms with van der Waals surface area (Å²) in [5.41, 5.74) is 2.40. The molecule has 1 heterocycles. The molecule has 1 amide bonds. The number of hydrogen-bond acceptors (Lipinski definition) is 5. The van der Waals surface area contributed by atoms with E-state index >= 15 is 0 Å². The zero-order valence-corrected chi connectivity index (χ0v) is 15.6. The molecule has 6 heteroatoms.